The monoisotopic (exact) mass is 238 g/mol. The normalized spacial score (nSPS) is 34.4. The van der Waals surface area contributed by atoms with Crippen LogP contribution in [0.3, 0.4) is 0 Å². The molecular weight excluding hydrogens is 220 g/mol. The Labute approximate surface area is 101 Å². The van der Waals surface area contributed by atoms with Crippen molar-refractivity contribution in [2.24, 2.45) is 17.8 Å². The fraction of sp³-hybridized carbons (Fsp3) is 0.692. The van der Waals surface area contributed by atoms with Crippen molar-refractivity contribution in [3.8, 4) is 0 Å². The van der Waals surface area contributed by atoms with E-state index in [1.54, 1.807) is 0 Å². The molecule has 2 aliphatic carbocycles. The third-order valence-corrected chi connectivity index (χ3v) is 3.82. The summed E-state index contributed by atoms with van der Waals surface area (Å²) in [6.45, 7) is 5.63. The first kappa shape index (κ1) is 12.1. The molecule has 0 aromatic heterocycles. The first-order valence-corrected chi connectivity index (χ1v) is 6.15. The maximum absolute atomic E-state index is 11.7. The minimum Gasteiger partial charge on any atom is -0.466 e. The molecule has 0 radical (unpaired) electrons. The molecule has 2 rings (SSSR count). The summed E-state index contributed by atoms with van der Waals surface area (Å²) in [4.78, 5) is 22.8. The molecule has 0 amide bonds. The van der Waals surface area contributed by atoms with E-state index >= 15 is 0 Å². The summed E-state index contributed by atoms with van der Waals surface area (Å²) in [5.41, 5.74) is 0. The Bertz CT molecular complexity index is 336. The van der Waals surface area contributed by atoms with Crippen LogP contribution >= 0.6 is 0 Å². The number of hydrogen-bond donors (Lipinski definition) is 0. The second kappa shape index (κ2) is 4.90. The van der Waals surface area contributed by atoms with Crippen LogP contribution < -0.4 is 0 Å². The fourth-order valence-corrected chi connectivity index (χ4v) is 3.10. The summed E-state index contributed by atoms with van der Waals surface area (Å²) in [5, 5.41) is 0. The molecule has 0 aromatic rings. The average molecular weight is 238 g/mol. The molecule has 0 heterocycles. The third-order valence-electron chi connectivity index (χ3n) is 3.82. The van der Waals surface area contributed by atoms with E-state index in [0.717, 1.165) is 19.3 Å². The van der Waals surface area contributed by atoms with E-state index in [4.69, 9.17) is 9.47 Å². The van der Waals surface area contributed by atoms with Crippen molar-refractivity contribution in [3.63, 3.8) is 0 Å². The highest BCUT2D eigenvalue weighted by Gasteiger charge is 2.50. The van der Waals surface area contributed by atoms with Crippen molar-refractivity contribution in [2.45, 2.75) is 32.3 Å². The summed E-state index contributed by atoms with van der Waals surface area (Å²) in [7, 11) is 0. The van der Waals surface area contributed by atoms with Gasteiger partial charge in [0.2, 0.25) is 0 Å². The van der Waals surface area contributed by atoms with Crippen LogP contribution in [0.4, 0.5) is 0 Å². The maximum atomic E-state index is 11.7. The van der Waals surface area contributed by atoms with Gasteiger partial charge >= 0.3 is 11.9 Å². The predicted octanol–water partition coefficient (Wildman–Crippen LogP) is 1.69. The van der Waals surface area contributed by atoms with Gasteiger partial charge in [0, 0.05) is 6.08 Å². The molecule has 2 fully saturated rings. The van der Waals surface area contributed by atoms with Crippen molar-refractivity contribution in [2.75, 3.05) is 6.61 Å². The summed E-state index contributed by atoms with van der Waals surface area (Å²) in [6.07, 6.45) is 3.70. The van der Waals surface area contributed by atoms with Gasteiger partial charge in [0.25, 0.3) is 0 Å². The van der Waals surface area contributed by atoms with E-state index in [9.17, 15) is 9.59 Å². The van der Waals surface area contributed by atoms with E-state index < -0.39 is 0 Å². The predicted molar refractivity (Wildman–Crippen MR) is 61.0 cm³/mol. The molecular formula is C13H18O4. The van der Waals surface area contributed by atoms with Gasteiger partial charge in [-0.3, -0.25) is 4.79 Å². The number of esters is 2. The molecule has 94 valence electrons. The summed E-state index contributed by atoms with van der Waals surface area (Å²) < 4.78 is 10.3. The quantitative estimate of drug-likeness (QED) is 0.552. The van der Waals surface area contributed by atoms with Crippen molar-refractivity contribution >= 4 is 11.9 Å². The van der Waals surface area contributed by atoms with Gasteiger partial charge in [-0.15, -0.1) is 0 Å². The largest absolute Gasteiger partial charge is 0.466 e. The van der Waals surface area contributed by atoms with Crippen molar-refractivity contribution in [1.82, 2.24) is 0 Å². The number of rotatable bonds is 4. The minimum atomic E-state index is -0.366. The molecule has 2 saturated carbocycles. The van der Waals surface area contributed by atoms with Crippen molar-refractivity contribution in [3.05, 3.63) is 12.7 Å². The highest BCUT2D eigenvalue weighted by molar-refractivity contribution is 5.81. The number of ether oxygens (including phenoxy) is 2. The Kier molecular flexibility index (Phi) is 3.50. The van der Waals surface area contributed by atoms with Gasteiger partial charge in [-0.25, -0.2) is 4.79 Å². The summed E-state index contributed by atoms with van der Waals surface area (Å²) >= 11 is 0. The van der Waals surface area contributed by atoms with Gasteiger partial charge in [0.05, 0.1) is 12.5 Å². The van der Waals surface area contributed by atoms with Gasteiger partial charge < -0.3 is 9.47 Å². The molecule has 2 aliphatic rings. The zero-order valence-electron chi connectivity index (χ0n) is 10.1. The average Bonchev–Trinajstić information content (AvgIpc) is 2.88. The minimum absolute atomic E-state index is 0.0126. The fourth-order valence-electron chi connectivity index (χ4n) is 3.10. The number of carbonyl (C=O) groups is 2. The van der Waals surface area contributed by atoms with Crippen LogP contribution in [0.2, 0.25) is 0 Å². The van der Waals surface area contributed by atoms with Crippen molar-refractivity contribution in [1.29, 1.82) is 0 Å². The standard InChI is InChI=1S/C13H18O4/c1-3-12(14)17-11-7-8-5-9(11)6-10(8)13(15)16-4-2/h3,8-11H,1,4-7H2,2H3. The van der Waals surface area contributed by atoms with Gasteiger partial charge in [-0.2, -0.15) is 0 Å². The molecule has 4 nitrogen and oxygen atoms in total. The third kappa shape index (κ3) is 2.35. The lowest BCUT2D eigenvalue weighted by molar-refractivity contribution is -0.152. The molecule has 0 spiro atoms. The molecule has 4 unspecified atom stereocenters. The Morgan fingerprint density at radius 1 is 1.29 bits per heavy atom. The SMILES string of the molecule is C=CC(=O)OC1CC2CC1CC2C(=O)OCC. The topological polar surface area (TPSA) is 52.6 Å². The van der Waals surface area contributed by atoms with E-state index in [-0.39, 0.29) is 24.0 Å². The Hall–Kier alpha value is -1.32. The first-order valence-electron chi connectivity index (χ1n) is 6.15. The van der Waals surface area contributed by atoms with Gasteiger partial charge in [-0.1, -0.05) is 6.58 Å². The smallest absolute Gasteiger partial charge is 0.330 e. The summed E-state index contributed by atoms with van der Waals surface area (Å²) in [5.74, 6) is 0.197. The van der Waals surface area contributed by atoms with Crippen LogP contribution in [0.15, 0.2) is 12.7 Å². The molecule has 0 aromatic carbocycles. The van der Waals surface area contributed by atoms with Crippen LogP contribution in [0.5, 0.6) is 0 Å². The van der Waals surface area contributed by atoms with E-state index in [0.29, 0.717) is 18.4 Å². The Morgan fingerprint density at radius 3 is 2.59 bits per heavy atom. The lowest BCUT2D eigenvalue weighted by Gasteiger charge is -2.26. The number of fused-ring (bicyclic) bond motifs is 2. The van der Waals surface area contributed by atoms with Crippen molar-refractivity contribution < 1.29 is 19.1 Å². The highest BCUT2D eigenvalue weighted by Crippen LogP contribution is 2.50. The van der Waals surface area contributed by atoms with Gasteiger partial charge in [0.1, 0.15) is 6.10 Å². The molecule has 4 heteroatoms. The maximum Gasteiger partial charge on any atom is 0.330 e. The number of hydrogen-bond acceptors (Lipinski definition) is 4. The van der Waals surface area contributed by atoms with Crippen LogP contribution in [0.25, 0.3) is 0 Å². The molecule has 17 heavy (non-hydrogen) atoms. The molecule has 0 saturated heterocycles. The van der Waals surface area contributed by atoms with Crippen LogP contribution in [-0.4, -0.2) is 24.6 Å². The number of carbonyl (C=O) groups excluding carboxylic acids is 2. The Morgan fingerprint density at radius 2 is 2.06 bits per heavy atom. The zero-order chi connectivity index (χ0) is 12.4. The Balaban J connectivity index is 1.89. The van der Waals surface area contributed by atoms with Gasteiger partial charge in [0.15, 0.2) is 0 Å². The zero-order valence-corrected chi connectivity index (χ0v) is 10.1. The van der Waals surface area contributed by atoms with E-state index in [1.807, 2.05) is 6.92 Å². The van der Waals surface area contributed by atoms with E-state index in [1.165, 1.54) is 6.08 Å². The lowest BCUT2D eigenvalue weighted by atomic mass is 9.87. The van der Waals surface area contributed by atoms with Gasteiger partial charge in [-0.05, 0) is 38.0 Å². The van der Waals surface area contributed by atoms with Crippen LogP contribution in [0, 0.1) is 17.8 Å². The first-order chi connectivity index (χ1) is 8.15. The molecule has 0 aliphatic heterocycles. The second-order valence-electron chi connectivity index (χ2n) is 4.77. The second-order valence-corrected chi connectivity index (χ2v) is 4.77. The highest BCUT2D eigenvalue weighted by atomic mass is 16.5. The van der Waals surface area contributed by atoms with E-state index in [2.05, 4.69) is 6.58 Å². The lowest BCUT2D eigenvalue weighted by Crippen LogP contribution is -2.31. The van der Waals surface area contributed by atoms with Crippen LogP contribution in [0.1, 0.15) is 26.2 Å². The molecule has 4 atom stereocenters. The molecule has 0 N–H and O–H groups in total. The summed E-state index contributed by atoms with van der Waals surface area (Å²) in [6, 6.07) is 0. The van der Waals surface area contributed by atoms with Crippen LogP contribution in [-0.2, 0) is 19.1 Å². The molecule has 2 bridgehead atoms.